The van der Waals surface area contributed by atoms with Gasteiger partial charge in [0, 0.05) is 25.2 Å². The summed E-state index contributed by atoms with van der Waals surface area (Å²) >= 11 is 0. The maximum atomic E-state index is 11.6. The standard InChI is InChI=1S/C23H33N3O/c1-4-17(10-16-8-6-5-7-9-16)19-11-20(19)25-18-12-23(13-18)14-26(15-23)22(2,3)21(24)27/h5-10,18-20,25H,4,11-15H2,1-3H3,(H2,24,27)/b17-10+/t19-,20+/m0/s1. The molecular weight excluding hydrogens is 334 g/mol. The van der Waals surface area contributed by atoms with Gasteiger partial charge in [-0.25, -0.2) is 0 Å². The third-order valence-electron chi connectivity index (χ3n) is 7.08. The first-order chi connectivity index (χ1) is 12.8. The highest BCUT2D eigenvalue weighted by atomic mass is 16.1. The van der Waals surface area contributed by atoms with Crippen molar-refractivity contribution in [3.8, 4) is 0 Å². The first kappa shape index (κ1) is 18.7. The molecule has 4 nitrogen and oxygen atoms in total. The summed E-state index contributed by atoms with van der Waals surface area (Å²) in [4.78, 5) is 13.9. The van der Waals surface area contributed by atoms with Crippen molar-refractivity contribution in [1.29, 1.82) is 0 Å². The number of nitrogens with two attached hydrogens (primary N) is 1. The molecule has 1 amide bonds. The molecule has 0 aromatic heterocycles. The van der Waals surface area contributed by atoms with Crippen LogP contribution in [0.5, 0.6) is 0 Å². The summed E-state index contributed by atoms with van der Waals surface area (Å²) in [5, 5.41) is 3.89. The highest BCUT2D eigenvalue weighted by Gasteiger charge is 2.57. The fourth-order valence-electron chi connectivity index (χ4n) is 5.00. The smallest absolute Gasteiger partial charge is 0.237 e. The van der Waals surface area contributed by atoms with E-state index in [1.54, 1.807) is 5.57 Å². The first-order valence-electron chi connectivity index (χ1n) is 10.4. The molecule has 2 atom stereocenters. The molecule has 3 N–H and O–H groups in total. The van der Waals surface area contributed by atoms with Crippen LogP contribution in [0.2, 0.25) is 0 Å². The molecule has 3 aliphatic rings. The van der Waals surface area contributed by atoms with E-state index in [0.29, 0.717) is 23.4 Å². The van der Waals surface area contributed by atoms with Crippen molar-refractivity contribution < 1.29 is 4.79 Å². The lowest BCUT2D eigenvalue weighted by Crippen LogP contribution is -2.72. The van der Waals surface area contributed by atoms with Crippen molar-refractivity contribution in [2.75, 3.05) is 13.1 Å². The maximum absolute atomic E-state index is 11.6. The lowest BCUT2D eigenvalue weighted by molar-refractivity contribution is -0.150. The van der Waals surface area contributed by atoms with Crippen LogP contribution in [0, 0.1) is 11.3 Å². The molecule has 1 aromatic rings. The fourth-order valence-corrected chi connectivity index (χ4v) is 5.00. The molecule has 1 aliphatic heterocycles. The van der Waals surface area contributed by atoms with E-state index in [1.807, 2.05) is 13.8 Å². The van der Waals surface area contributed by atoms with E-state index in [1.165, 1.54) is 24.8 Å². The van der Waals surface area contributed by atoms with E-state index in [9.17, 15) is 4.79 Å². The van der Waals surface area contributed by atoms with Crippen molar-refractivity contribution in [3.63, 3.8) is 0 Å². The van der Waals surface area contributed by atoms with Crippen molar-refractivity contribution >= 4 is 12.0 Å². The number of amides is 1. The number of benzene rings is 1. The molecule has 1 aromatic carbocycles. The predicted octanol–water partition coefficient (Wildman–Crippen LogP) is 3.19. The Kier molecular flexibility index (Phi) is 4.68. The second-order valence-electron chi connectivity index (χ2n) is 9.48. The topological polar surface area (TPSA) is 58.4 Å². The van der Waals surface area contributed by atoms with Crippen LogP contribution in [-0.4, -0.2) is 41.5 Å². The Balaban J connectivity index is 1.24. The molecule has 27 heavy (non-hydrogen) atoms. The van der Waals surface area contributed by atoms with Crippen molar-refractivity contribution in [3.05, 3.63) is 41.5 Å². The Hall–Kier alpha value is -1.65. The highest BCUT2D eigenvalue weighted by molar-refractivity contribution is 5.83. The molecule has 4 rings (SSSR count). The lowest BCUT2D eigenvalue weighted by Gasteiger charge is -2.62. The van der Waals surface area contributed by atoms with Crippen LogP contribution in [0.15, 0.2) is 35.9 Å². The van der Waals surface area contributed by atoms with Crippen LogP contribution in [-0.2, 0) is 4.79 Å². The van der Waals surface area contributed by atoms with E-state index in [2.05, 4.69) is 53.5 Å². The van der Waals surface area contributed by atoms with E-state index in [-0.39, 0.29) is 5.91 Å². The number of nitrogens with zero attached hydrogens (tertiary/aromatic N) is 1. The summed E-state index contributed by atoms with van der Waals surface area (Å²) in [5.74, 6) is 0.489. The van der Waals surface area contributed by atoms with Gasteiger partial charge in [0.1, 0.15) is 0 Å². The minimum absolute atomic E-state index is 0.218. The van der Waals surface area contributed by atoms with Gasteiger partial charge < -0.3 is 11.1 Å². The molecule has 0 bridgehead atoms. The van der Waals surface area contributed by atoms with Gasteiger partial charge in [-0.05, 0) is 56.4 Å². The van der Waals surface area contributed by atoms with Crippen LogP contribution >= 0.6 is 0 Å². The number of hydrogen-bond donors (Lipinski definition) is 2. The fraction of sp³-hybridized carbons (Fsp3) is 0.609. The summed E-state index contributed by atoms with van der Waals surface area (Å²) in [6.07, 6.45) is 7.27. The number of carbonyl (C=O) groups excluding carboxylic acids is 1. The molecular formula is C23H33N3O. The van der Waals surface area contributed by atoms with Gasteiger partial charge in [0.2, 0.25) is 5.91 Å². The minimum Gasteiger partial charge on any atom is -0.368 e. The largest absolute Gasteiger partial charge is 0.368 e. The summed E-state index contributed by atoms with van der Waals surface area (Å²) < 4.78 is 0. The van der Waals surface area contributed by atoms with Crippen molar-refractivity contribution in [1.82, 2.24) is 10.2 Å². The number of carbonyl (C=O) groups is 1. The maximum Gasteiger partial charge on any atom is 0.237 e. The van der Waals surface area contributed by atoms with Crippen LogP contribution in [0.4, 0.5) is 0 Å². The van der Waals surface area contributed by atoms with Gasteiger partial charge in [-0.3, -0.25) is 9.69 Å². The second-order valence-corrected chi connectivity index (χ2v) is 9.48. The van der Waals surface area contributed by atoms with E-state index < -0.39 is 5.54 Å². The van der Waals surface area contributed by atoms with Gasteiger partial charge in [0.05, 0.1) is 5.54 Å². The Bertz CT molecular complexity index is 725. The second kappa shape index (κ2) is 6.75. The number of likely N-dealkylation sites (tertiary alicyclic amines) is 1. The molecule has 1 saturated heterocycles. The molecule has 2 aliphatic carbocycles. The lowest BCUT2D eigenvalue weighted by atomic mass is 9.59. The zero-order chi connectivity index (χ0) is 19.2. The summed E-state index contributed by atoms with van der Waals surface area (Å²) in [6.45, 7) is 8.19. The SMILES string of the molecule is CC/C(=C\c1ccccc1)[C@@H]1C[C@H]1NC1CC2(C1)CN(C(C)(C)C(N)=O)C2. The summed E-state index contributed by atoms with van der Waals surface area (Å²) in [6, 6.07) is 12.0. The Morgan fingerprint density at radius 3 is 2.56 bits per heavy atom. The van der Waals surface area contributed by atoms with Gasteiger partial charge >= 0.3 is 0 Å². The number of primary amides is 1. The predicted molar refractivity (Wildman–Crippen MR) is 110 cm³/mol. The average molecular weight is 368 g/mol. The van der Waals surface area contributed by atoms with Crippen LogP contribution in [0.1, 0.15) is 52.0 Å². The van der Waals surface area contributed by atoms with Gasteiger partial charge in [-0.2, -0.15) is 0 Å². The normalized spacial score (nSPS) is 27.9. The van der Waals surface area contributed by atoms with Crippen molar-refractivity contribution in [2.45, 2.75) is 64.1 Å². The zero-order valence-corrected chi connectivity index (χ0v) is 16.9. The third-order valence-corrected chi connectivity index (χ3v) is 7.08. The quantitative estimate of drug-likeness (QED) is 0.778. The van der Waals surface area contributed by atoms with E-state index in [4.69, 9.17) is 5.73 Å². The van der Waals surface area contributed by atoms with Crippen LogP contribution in [0.3, 0.4) is 0 Å². The van der Waals surface area contributed by atoms with E-state index >= 15 is 0 Å². The van der Waals surface area contributed by atoms with Crippen molar-refractivity contribution in [2.24, 2.45) is 17.1 Å². The Labute approximate surface area is 163 Å². The first-order valence-corrected chi connectivity index (χ1v) is 10.4. The van der Waals surface area contributed by atoms with E-state index in [0.717, 1.165) is 19.5 Å². The van der Waals surface area contributed by atoms with Crippen LogP contribution < -0.4 is 11.1 Å². The minimum atomic E-state index is -0.510. The van der Waals surface area contributed by atoms with Gasteiger partial charge in [-0.1, -0.05) is 48.9 Å². The Morgan fingerprint density at radius 2 is 1.96 bits per heavy atom. The molecule has 0 unspecified atom stereocenters. The monoisotopic (exact) mass is 367 g/mol. The number of nitrogens with one attached hydrogen (secondary N) is 1. The number of hydrogen-bond acceptors (Lipinski definition) is 3. The molecule has 2 saturated carbocycles. The number of rotatable bonds is 7. The molecule has 1 heterocycles. The molecule has 4 heteroatoms. The summed E-state index contributed by atoms with van der Waals surface area (Å²) in [7, 11) is 0. The highest BCUT2D eigenvalue weighted by Crippen LogP contribution is 2.51. The zero-order valence-electron chi connectivity index (χ0n) is 16.9. The summed E-state index contributed by atoms with van der Waals surface area (Å²) in [5.41, 5.74) is 8.36. The van der Waals surface area contributed by atoms with Gasteiger partial charge in [0.15, 0.2) is 0 Å². The molecule has 3 fully saturated rings. The molecule has 1 spiro atoms. The van der Waals surface area contributed by atoms with Gasteiger partial charge in [-0.15, -0.1) is 0 Å². The van der Waals surface area contributed by atoms with Crippen LogP contribution in [0.25, 0.3) is 6.08 Å². The molecule has 146 valence electrons. The third kappa shape index (κ3) is 3.57. The van der Waals surface area contributed by atoms with Gasteiger partial charge in [0.25, 0.3) is 0 Å². The average Bonchev–Trinajstić information content (AvgIpc) is 3.33. The Morgan fingerprint density at radius 1 is 1.30 bits per heavy atom. The molecule has 0 radical (unpaired) electrons.